The molecule has 21 heavy (non-hydrogen) atoms. The smallest absolute Gasteiger partial charge is 0.265 e. The van der Waals surface area contributed by atoms with Gasteiger partial charge in [0, 0.05) is 11.7 Å². The van der Waals surface area contributed by atoms with Gasteiger partial charge in [0.15, 0.2) is 0 Å². The predicted molar refractivity (Wildman–Crippen MR) is 87.1 cm³/mol. The normalized spacial score (nSPS) is 11.2. The Kier molecular flexibility index (Phi) is 3.51. The Bertz CT molecular complexity index is 787. The molecule has 1 N–H and O–H groups in total. The van der Waals surface area contributed by atoms with Crippen LogP contribution in [-0.2, 0) is 0 Å². The number of hydrogen-bond donors (Lipinski definition) is 1. The Balaban J connectivity index is 1.93. The summed E-state index contributed by atoms with van der Waals surface area (Å²) in [6.45, 7) is 6.28. The fraction of sp³-hybridized carbons (Fsp3) is 0.250. The number of imidazole rings is 1. The molecule has 0 atom stereocenters. The minimum atomic E-state index is -0.0793. The van der Waals surface area contributed by atoms with Gasteiger partial charge in [-0.05, 0) is 50.4 Å². The van der Waals surface area contributed by atoms with Gasteiger partial charge in [0.1, 0.15) is 5.82 Å². The van der Waals surface area contributed by atoms with Crippen molar-refractivity contribution in [2.24, 2.45) is 0 Å². The molecule has 1 aromatic carbocycles. The molecule has 0 aliphatic rings. The molecule has 3 rings (SSSR count). The number of aromatic nitrogens is 2. The minimum absolute atomic E-state index is 0.0793. The average molecular weight is 299 g/mol. The highest BCUT2D eigenvalue weighted by molar-refractivity contribution is 7.12. The van der Waals surface area contributed by atoms with E-state index in [2.05, 4.69) is 28.7 Å². The zero-order valence-corrected chi connectivity index (χ0v) is 13.1. The summed E-state index contributed by atoms with van der Waals surface area (Å²) in [5.74, 6) is 0.908. The van der Waals surface area contributed by atoms with Crippen LogP contribution in [0.2, 0.25) is 0 Å². The number of hydrogen-bond acceptors (Lipinski definition) is 3. The van der Waals surface area contributed by atoms with Crippen LogP contribution in [0.25, 0.3) is 11.0 Å². The lowest BCUT2D eigenvalue weighted by Crippen LogP contribution is -2.09. The summed E-state index contributed by atoms with van der Waals surface area (Å²) in [6.07, 6.45) is 0. The molecule has 0 aliphatic carbocycles. The molecule has 2 aromatic heterocycles. The van der Waals surface area contributed by atoms with Crippen molar-refractivity contribution in [3.8, 4) is 0 Å². The third-order valence-electron chi connectivity index (χ3n) is 3.39. The van der Waals surface area contributed by atoms with E-state index in [1.807, 2.05) is 42.6 Å². The average Bonchev–Trinajstić information content (AvgIpc) is 3.04. The summed E-state index contributed by atoms with van der Waals surface area (Å²) in [5.41, 5.74) is 2.77. The molecule has 0 fully saturated rings. The lowest BCUT2D eigenvalue weighted by atomic mass is 10.2. The summed E-state index contributed by atoms with van der Waals surface area (Å²) >= 11 is 1.43. The molecule has 0 bridgehead atoms. The van der Waals surface area contributed by atoms with Crippen LogP contribution in [0.15, 0.2) is 35.7 Å². The number of aryl methyl sites for hydroxylation is 1. The molecule has 0 aliphatic heterocycles. The fourth-order valence-electron chi connectivity index (χ4n) is 2.55. The number of carbonyl (C=O) groups is 1. The maximum Gasteiger partial charge on any atom is 0.265 e. The highest BCUT2D eigenvalue weighted by atomic mass is 32.1. The number of nitrogens with zero attached hydrogens (tertiary/aromatic N) is 2. The van der Waals surface area contributed by atoms with Crippen LogP contribution in [-0.4, -0.2) is 15.5 Å². The Labute approximate surface area is 127 Å². The van der Waals surface area contributed by atoms with E-state index in [4.69, 9.17) is 0 Å². The van der Waals surface area contributed by atoms with Gasteiger partial charge in [-0.2, -0.15) is 0 Å². The van der Waals surface area contributed by atoms with Crippen molar-refractivity contribution < 1.29 is 4.79 Å². The first-order valence-electron chi connectivity index (χ1n) is 6.89. The molecule has 0 saturated carbocycles. The third-order valence-corrected chi connectivity index (χ3v) is 4.25. The summed E-state index contributed by atoms with van der Waals surface area (Å²) in [6, 6.07) is 9.91. The van der Waals surface area contributed by atoms with E-state index in [0.29, 0.717) is 10.9 Å². The van der Waals surface area contributed by atoms with Crippen LogP contribution in [0.3, 0.4) is 0 Å². The van der Waals surface area contributed by atoms with Crippen molar-refractivity contribution in [3.63, 3.8) is 0 Å². The number of carbonyl (C=O) groups excluding carboxylic acids is 1. The zero-order chi connectivity index (χ0) is 15.0. The van der Waals surface area contributed by atoms with Crippen molar-refractivity contribution in [3.05, 3.63) is 46.4 Å². The van der Waals surface area contributed by atoms with E-state index in [-0.39, 0.29) is 5.91 Å². The second-order valence-electron chi connectivity index (χ2n) is 5.26. The molecular formula is C16H17N3OS. The highest BCUT2D eigenvalue weighted by Gasteiger charge is 2.12. The van der Waals surface area contributed by atoms with Crippen LogP contribution in [0, 0.1) is 6.92 Å². The molecule has 1 amide bonds. The first-order chi connectivity index (χ1) is 10.1. The Hall–Kier alpha value is -2.14. The van der Waals surface area contributed by atoms with Crippen LogP contribution in [0.5, 0.6) is 0 Å². The van der Waals surface area contributed by atoms with Crippen molar-refractivity contribution in [2.45, 2.75) is 26.8 Å². The molecule has 0 saturated heterocycles. The Morgan fingerprint density at radius 1 is 1.33 bits per heavy atom. The number of fused-ring (bicyclic) bond motifs is 1. The van der Waals surface area contributed by atoms with E-state index in [1.54, 1.807) is 0 Å². The van der Waals surface area contributed by atoms with E-state index in [1.165, 1.54) is 11.3 Å². The van der Waals surface area contributed by atoms with E-state index >= 15 is 0 Å². The van der Waals surface area contributed by atoms with Crippen molar-refractivity contribution in [1.29, 1.82) is 0 Å². The van der Waals surface area contributed by atoms with Crippen LogP contribution >= 0.6 is 11.3 Å². The largest absolute Gasteiger partial charge is 0.326 e. The van der Waals surface area contributed by atoms with Gasteiger partial charge in [-0.1, -0.05) is 6.07 Å². The topological polar surface area (TPSA) is 46.9 Å². The third kappa shape index (κ3) is 2.56. The molecule has 0 unspecified atom stereocenters. The molecule has 3 aromatic rings. The predicted octanol–water partition coefficient (Wildman–Crippen LogP) is 4.24. The number of benzene rings is 1. The fourth-order valence-corrected chi connectivity index (χ4v) is 3.17. The monoisotopic (exact) mass is 299 g/mol. The van der Waals surface area contributed by atoms with Gasteiger partial charge in [-0.15, -0.1) is 11.3 Å². The molecular weight excluding hydrogens is 282 g/mol. The first kappa shape index (κ1) is 13.8. The van der Waals surface area contributed by atoms with Crippen LogP contribution in [0.1, 0.15) is 35.4 Å². The number of thiophene rings is 1. The molecule has 2 heterocycles. The van der Waals surface area contributed by atoms with Gasteiger partial charge in [0.2, 0.25) is 0 Å². The highest BCUT2D eigenvalue weighted by Crippen LogP contribution is 2.24. The summed E-state index contributed by atoms with van der Waals surface area (Å²) in [5, 5.41) is 4.81. The summed E-state index contributed by atoms with van der Waals surface area (Å²) < 4.78 is 2.19. The number of rotatable bonds is 3. The summed E-state index contributed by atoms with van der Waals surface area (Å²) in [4.78, 5) is 17.4. The maximum atomic E-state index is 12.1. The molecule has 0 spiro atoms. The lowest BCUT2D eigenvalue weighted by Gasteiger charge is -2.11. The van der Waals surface area contributed by atoms with E-state index in [9.17, 15) is 4.79 Å². The van der Waals surface area contributed by atoms with Crippen molar-refractivity contribution in [1.82, 2.24) is 9.55 Å². The first-order valence-corrected chi connectivity index (χ1v) is 7.77. The van der Waals surface area contributed by atoms with Gasteiger partial charge in [-0.3, -0.25) is 4.79 Å². The molecule has 5 heteroatoms. The standard InChI is InChI=1S/C16H17N3OS/c1-10(2)19-11(3)17-13-9-12(6-7-14(13)19)18-16(20)15-5-4-8-21-15/h4-10H,1-3H3,(H,18,20). The molecule has 0 radical (unpaired) electrons. The van der Waals surface area contributed by atoms with E-state index in [0.717, 1.165) is 22.5 Å². The van der Waals surface area contributed by atoms with Gasteiger partial charge >= 0.3 is 0 Å². The van der Waals surface area contributed by atoms with Gasteiger partial charge < -0.3 is 9.88 Å². The van der Waals surface area contributed by atoms with Gasteiger partial charge in [-0.25, -0.2) is 4.98 Å². The zero-order valence-electron chi connectivity index (χ0n) is 12.3. The van der Waals surface area contributed by atoms with Crippen LogP contribution in [0.4, 0.5) is 5.69 Å². The molecule has 108 valence electrons. The SMILES string of the molecule is Cc1nc2cc(NC(=O)c3cccs3)ccc2n1C(C)C. The lowest BCUT2D eigenvalue weighted by molar-refractivity contribution is 0.103. The Morgan fingerprint density at radius 2 is 2.14 bits per heavy atom. The van der Waals surface area contributed by atoms with Gasteiger partial charge in [0.25, 0.3) is 5.91 Å². The second-order valence-corrected chi connectivity index (χ2v) is 6.21. The second kappa shape index (κ2) is 5.33. The maximum absolute atomic E-state index is 12.1. The Morgan fingerprint density at radius 3 is 2.81 bits per heavy atom. The minimum Gasteiger partial charge on any atom is -0.326 e. The summed E-state index contributed by atoms with van der Waals surface area (Å²) in [7, 11) is 0. The number of nitrogens with one attached hydrogen (secondary N) is 1. The van der Waals surface area contributed by atoms with Crippen molar-refractivity contribution >= 4 is 34.0 Å². The van der Waals surface area contributed by atoms with Crippen LogP contribution < -0.4 is 5.32 Å². The number of amides is 1. The van der Waals surface area contributed by atoms with Crippen molar-refractivity contribution in [2.75, 3.05) is 5.32 Å². The van der Waals surface area contributed by atoms with E-state index < -0.39 is 0 Å². The number of anilines is 1. The molecule has 4 nitrogen and oxygen atoms in total. The van der Waals surface area contributed by atoms with Gasteiger partial charge in [0.05, 0.1) is 15.9 Å². The quantitative estimate of drug-likeness (QED) is 0.786.